The smallest absolute Gasteiger partial charge is 0.0100 e. The molecule has 16 heavy (non-hydrogen) atoms. The lowest BCUT2D eigenvalue weighted by atomic mass is 9.74. The van der Waals surface area contributed by atoms with E-state index in [2.05, 4.69) is 18.2 Å². The van der Waals surface area contributed by atoms with Gasteiger partial charge in [-0.15, -0.1) is 0 Å². The van der Waals surface area contributed by atoms with Crippen LogP contribution in [0.1, 0.15) is 44.9 Å². The van der Waals surface area contributed by atoms with E-state index in [1.165, 1.54) is 44.9 Å². The second-order valence-electron chi connectivity index (χ2n) is 6.41. The fourth-order valence-corrected chi connectivity index (χ4v) is 5.02. The molecule has 2 saturated carbocycles. The molecule has 4 aliphatic rings. The molecule has 0 heterocycles. The van der Waals surface area contributed by atoms with Crippen molar-refractivity contribution in [3.8, 4) is 0 Å². The maximum absolute atomic E-state index is 2.65. The third-order valence-electron chi connectivity index (χ3n) is 5.71. The summed E-state index contributed by atoms with van der Waals surface area (Å²) in [6.07, 6.45) is 18.1. The molecule has 0 aromatic carbocycles. The first-order chi connectivity index (χ1) is 7.93. The second-order valence-corrected chi connectivity index (χ2v) is 6.41. The van der Waals surface area contributed by atoms with Crippen LogP contribution in [0.4, 0.5) is 0 Å². The molecule has 4 unspecified atom stereocenters. The average molecular weight is 214 g/mol. The monoisotopic (exact) mass is 214 g/mol. The Kier molecular flexibility index (Phi) is 2.07. The van der Waals surface area contributed by atoms with Crippen LogP contribution in [0.25, 0.3) is 0 Å². The summed E-state index contributed by atoms with van der Waals surface area (Å²) in [5, 5.41) is 0. The number of hydrogen-bond acceptors (Lipinski definition) is 0. The van der Waals surface area contributed by atoms with Crippen LogP contribution in [-0.4, -0.2) is 0 Å². The van der Waals surface area contributed by atoms with E-state index >= 15 is 0 Å². The molecule has 0 aromatic rings. The fourth-order valence-electron chi connectivity index (χ4n) is 5.02. The van der Waals surface area contributed by atoms with Crippen molar-refractivity contribution in [2.45, 2.75) is 44.9 Å². The van der Waals surface area contributed by atoms with Gasteiger partial charge in [0, 0.05) is 0 Å². The highest BCUT2D eigenvalue weighted by molar-refractivity contribution is 5.30. The number of allylic oxidation sites excluding steroid dienone is 4. The average Bonchev–Trinajstić information content (AvgIpc) is 3.03. The summed E-state index contributed by atoms with van der Waals surface area (Å²) in [6.45, 7) is 0. The fraction of sp³-hybridized carbons (Fsp3) is 0.750. The first kappa shape index (κ1) is 9.50. The first-order valence-electron chi connectivity index (χ1n) is 7.32. The van der Waals surface area contributed by atoms with Gasteiger partial charge in [-0.2, -0.15) is 0 Å². The molecule has 4 atom stereocenters. The Hall–Kier alpha value is -0.520. The van der Waals surface area contributed by atoms with Crippen molar-refractivity contribution in [3.63, 3.8) is 0 Å². The Morgan fingerprint density at radius 3 is 2.62 bits per heavy atom. The predicted octanol–water partition coefficient (Wildman–Crippen LogP) is 4.34. The zero-order valence-corrected chi connectivity index (χ0v) is 10.1. The van der Waals surface area contributed by atoms with Gasteiger partial charge in [-0.3, -0.25) is 0 Å². The van der Waals surface area contributed by atoms with Gasteiger partial charge in [0.2, 0.25) is 0 Å². The van der Waals surface area contributed by atoms with E-state index < -0.39 is 0 Å². The van der Waals surface area contributed by atoms with Gasteiger partial charge in [0.25, 0.3) is 0 Å². The van der Waals surface area contributed by atoms with E-state index in [-0.39, 0.29) is 0 Å². The zero-order valence-electron chi connectivity index (χ0n) is 10.1. The Morgan fingerprint density at radius 1 is 0.938 bits per heavy atom. The van der Waals surface area contributed by atoms with Crippen molar-refractivity contribution in [1.29, 1.82) is 0 Å². The number of hydrogen-bond donors (Lipinski definition) is 0. The summed E-state index contributed by atoms with van der Waals surface area (Å²) in [5.74, 6) is 4.87. The Morgan fingerprint density at radius 2 is 1.75 bits per heavy atom. The predicted molar refractivity (Wildman–Crippen MR) is 67.0 cm³/mol. The molecule has 0 aromatic heterocycles. The number of rotatable bonds is 1. The van der Waals surface area contributed by atoms with Crippen LogP contribution in [0.2, 0.25) is 0 Å². The number of fused-ring (bicyclic) bond motifs is 5. The highest BCUT2D eigenvalue weighted by Gasteiger charge is 2.48. The van der Waals surface area contributed by atoms with Gasteiger partial charge in [-0.05, 0) is 55.3 Å². The van der Waals surface area contributed by atoms with Gasteiger partial charge in [0.05, 0.1) is 0 Å². The lowest BCUT2D eigenvalue weighted by Crippen LogP contribution is -2.21. The summed E-state index contributed by atoms with van der Waals surface area (Å²) in [7, 11) is 0. The standard InChI is InChI=1S/C16H22/c1-2-4-11(5-3-1)14-8-9-15-12-6-7-13(10-12)16(14)15/h6-8,11-13,15-16H,1-5,9-10H2. The molecule has 0 heteroatoms. The molecule has 4 rings (SSSR count). The molecule has 0 N–H and O–H groups in total. The van der Waals surface area contributed by atoms with Crippen LogP contribution < -0.4 is 0 Å². The molecule has 0 radical (unpaired) electrons. The lowest BCUT2D eigenvalue weighted by Gasteiger charge is -2.31. The van der Waals surface area contributed by atoms with E-state index in [0.717, 1.165) is 29.6 Å². The van der Waals surface area contributed by atoms with Crippen molar-refractivity contribution in [2.75, 3.05) is 0 Å². The van der Waals surface area contributed by atoms with E-state index in [0.29, 0.717) is 0 Å². The first-order valence-corrected chi connectivity index (χ1v) is 7.32. The summed E-state index contributed by atoms with van der Waals surface area (Å²) in [4.78, 5) is 0. The van der Waals surface area contributed by atoms with Crippen LogP contribution in [0.3, 0.4) is 0 Å². The zero-order chi connectivity index (χ0) is 10.5. The van der Waals surface area contributed by atoms with E-state index in [4.69, 9.17) is 0 Å². The van der Waals surface area contributed by atoms with Gasteiger partial charge >= 0.3 is 0 Å². The maximum atomic E-state index is 2.65. The van der Waals surface area contributed by atoms with Gasteiger partial charge in [0.1, 0.15) is 0 Å². The topological polar surface area (TPSA) is 0 Å². The van der Waals surface area contributed by atoms with Gasteiger partial charge in [-0.1, -0.05) is 43.1 Å². The molecular formula is C16H22. The quantitative estimate of drug-likeness (QED) is 0.570. The molecule has 2 fully saturated rings. The molecule has 0 saturated heterocycles. The molecule has 4 aliphatic carbocycles. The van der Waals surface area contributed by atoms with Crippen LogP contribution in [-0.2, 0) is 0 Å². The summed E-state index contributed by atoms with van der Waals surface area (Å²) < 4.78 is 0. The Bertz CT molecular complexity index is 343. The summed E-state index contributed by atoms with van der Waals surface area (Å²) >= 11 is 0. The molecule has 0 aliphatic heterocycles. The van der Waals surface area contributed by atoms with Gasteiger partial charge < -0.3 is 0 Å². The highest BCUT2D eigenvalue weighted by atomic mass is 14.5. The van der Waals surface area contributed by atoms with E-state index in [9.17, 15) is 0 Å². The van der Waals surface area contributed by atoms with Crippen molar-refractivity contribution in [3.05, 3.63) is 23.8 Å². The van der Waals surface area contributed by atoms with Crippen LogP contribution in [0, 0.1) is 29.6 Å². The molecule has 0 spiro atoms. The van der Waals surface area contributed by atoms with Crippen molar-refractivity contribution >= 4 is 0 Å². The molecule has 0 amide bonds. The van der Waals surface area contributed by atoms with Crippen LogP contribution in [0.15, 0.2) is 23.8 Å². The van der Waals surface area contributed by atoms with Crippen molar-refractivity contribution in [1.82, 2.24) is 0 Å². The molecular weight excluding hydrogens is 192 g/mol. The summed E-state index contributed by atoms with van der Waals surface area (Å²) in [6, 6.07) is 0. The molecule has 2 bridgehead atoms. The maximum Gasteiger partial charge on any atom is -0.0100 e. The molecule has 86 valence electrons. The third kappa shape index (κ3) is 1.22. The van der Waals surface area contributed by atoms with E-state index in [1.807, 2.05) is 5.57 Å². The highest BCUT2D eigenvalue weighted by Crippen LogP contribution is 2.58. The Balaban J connectivity index is 1.59. The van der Waals surface area contributed by atoms with Gasteiger partial charge in [0.15, 0.2) is 0 Å². The minimum absolute atomic E-state index is 0.936. The summed E-state index contributed by atoms with van der Waals surface area (Å²) in [5.41, 5.74) is 1.90. The van der Waals surface area contributed by atoms with E-state index in [1.54, 1.807) is 0 Å². The second kappa shape index (κ2) is 3.48. The van der Waals surface area contributed by atoms with Crippen LogP contribution >= 0.6 is 0 Å². The largest absolute Gasteiger partial charge is 0.0848 e. The van der Waals surface area contributed by atoms with Gasteiger partial charge in [-0.25, -0.2) is 0 Å². The van der Waals surface area contributed by atoms with Crippen LogP contribution in [0.5, 0.6) is 0 Å². The van der Waals surface area contributed by atoms with Crippen molar-refractivity contribution < 1.29 is 0 Å². The minimum Gasteiger partial charge on any atom is -0.0848 e. The van der Waals surface area contributed by atoms with Crippen molar-refractivity contribution in [2.24, 2.45) is 29.6 Å². The lowest BCUT2D eigenvalue weighted by molar-refractivity contribution is 0.323. The minimum atomic E-state index is 0.936. The molecule has 0 nitrogen and oxygen atoms in total. The Labute approximate surface area is 98.8 Å². The normalized spacial score (nSPS) is 46.1. The SMILES string of the molecule is C1=CC2CC1C1CC=C(C3CCCCC3)C21. The third-order valence-corrected chi connectivity index (χ3v) is 5.71.